The number of rotatable bonds is 8. The van der Waals surface area contributed by atoms with Crippen LogP contribution in [0.4, 0.5) is 22.7 Å². The molecule has 3 rings (SSSR count). The summed E-state index contributed by atoms with van der Waals surface area (Å²) >= 11 is 0. The van der Waals surface area contributed by atoms with Gasteiger partial charge in [0.05, 0.1) is 17.1 Å². The van der Waals surface area contributed by atoms with Crippen molar-refractivity contribution in [3.63, 3.8) is 0 Å². The molecule has 1 fully saturated rings. The summed E-state index contributed by atoms with van der Waals surface area (Å²) in [6, 6.07) is 11.9. The Morgan fingerprint density at radius 1 is 1.14 bits per heavy atom. The van der Waals surface area contributed by atoms with E-state index in [0.717, 1.165) is 18.8 Å². The van der Waals surface area contributed by atoms with E-state index in [1.807, 2.05) is 24.3 Å². The van der Waals surface area contributed by atoms with Crippen LogP contribution in [0.3, 0.4) is 0 Å². The molecular weight excluding hydrogens is 372 g/mol. The Morgan fingerprint density at radius 2 is 1.86 bits per heavy atom. The van der Waals surface area contributed by atoms with Crippen LogP contribution in [-0.2, 0) is 4.74 Å². The van der Waals surface area contributed by atoms with Crippen LogP contribution in [0.2, 0.25) is 0 Å². The number of hydrogen-bond acceptors (Lipinski definition) is 6. The number of amides is 1. The lowest BCUT2D eigenvalue weighted by Crippen LogP contribution is -2.29. The van der Waals surface area contributed by atoms with Gasteiger partial charge in [-0.2, -0.15) is 0 Å². The molecule has 1 aliphatic heterocycles. The number of methoxy groups -OCH3 is 1. The van der Waals surface area contributed by atoms with Crippen molar-refractivity contribution in [3.05, 3.63) is 58.1 Å². The summed E-state index contributed by atoms with van der Waals surface area (Å²) in [6.07, 6.45) is 3.67. The topological polar surface area (TPSA) is 96.7 Å². The van der Waals surface area contributed by atoms with E-state index in [2.05, 4.69) is 15.5 Å². The molecule has 0 bridgehead atoms. The lowest BCUT2D eigenvalue weighted by atomic mass is 10.1. The minimum absolute atomic E-state index is 0.132. The molecule has 2 aromatic rings. The van der Waals surface area contributed by atoms with Gasteiger partial charge in [0.1, 0.15) is 0 Å². The average molecular weight is 398 g/mol. The van der Waals surface area contributed by atoms with Gasteiger partial charge < -0.3 is 20.3 Å². The van der Waals surface area contributed by atoms with Crippen molar-refractivity contribution in [1.29, 1.82) is 0 Å². The molecule has 1 heterocycles. The number of carbonyl (C=O) groups is 1. The first-order valence-corrected chi connectivity index (χ1v) is 9.76. The van der Waals surface area contributed by atoms with Crippen molar-refractivity contribution in [3.8, 4) is 0 Å². The number of benzene rings is 2. The molecule has 0 atom stereocenters. The molecular formula is C21H26N4O4. The zero-order valence-corrected chi connectivity index (χ0v) is 16.5. The van der Waals surface area contributed by atoms with Gasteiger partial charge in [0, 0.05) is 55.9 Å². The summed E-state index contributed by atoms with van der Waals surface area (Å²) in [5.41, 5.74) is 2.39. The molecule has 154 valence electrons. The molecule has 29 heavy (non-hydrogen) atoms. The van der Waals surface area contributed by atoms with Gasteiger partial charge in [0.25, 0.3) is 11.6 Å². The highest BCUT2D eigenvalue weighted by Gasteiger charge is 2.17. The SMILES string of the molecule is COCCNc1ccc([N+](=O)[O-])cc1C(=O)Nc1ccc(N2CCCCC2)cc1. The minimum Gasteiger partial charge on any atom is -0.383 e. The smallest absolute Gasteiger partial charge is 0.270 e. The van der Waals surface area contributed by atoms with Crippen LogP contribution in [0.15, 0.2) is 42.5 Å². The number of piperidine rings is 1. The normalized spacial score (nSPS) is 13.8. The average Bonchev–Trinajstić information content (AvgIpc) is 2.75. The second-order valence-electron chi connectivity index (χ2n) is 6.96. The van der Waals surface area contributed by atoms with Crippen LogP contribution in [0.5, 0.6) is 0 Å². The Morgan fingerprint density at radius 3 is 2.52 bits per heavy atom. The lowest BCUT2D eigenvalue weighted by molar-refractivity contribution is -0.384. The number of ether oxygens (including phenoxy) is 1. The molecule has 1 aliphatic rings. The second kappa shape index (κ2) is 9.88. The van der Waals surface area contributed by atoms with Crippen LogP contribution >= 0.6 is 0 Å². The molecule has 0 saturated carbocycles. The maximum absolute atomic E-state index is 12.8. The van der Waals surface area contributed by atoms with E-state index in [0.29, 0.717) is 24.5 Å². The summed E-state index contributed by atoms with van der Waals surface area (Å²) in [5.74, 6) is -0.403. The van der Waals surface area contributed by atoms with Crippen molar-refractivity contribution in [2.75, 3.05) is 48.9 Å². The van der Waals surface area contributed by atoms with Gasteiger partial charge in [0.2, 0.25) is 0 Å². The van der Waals surface area contributed by atoms with E-state index in [4.69, 9.17) is 4.74 Å². The lowest BCUT2D eigenvalue weighted by Gasteiger charge is -2.28. The van der Waals surface area contributed by atoms with E-state index in [9.17, 15) is 14.9 Å². The first-order chi connectivity index (χ1) is 14.1. The van der Waals surface area contributed by atoms with Crippen LogP contribution in [0.25, 0.3) is 0 Å². The Kier molecular flexibility index (Phi) is 7.02. The van der Waals surface area contributed by atoms with Gasteiger partial charge in [-0.15, -0.1) is 0 Å². The zero-order chi connectivity index (χ0) is 20.6. The summed E-state index contributed by atoms with van der Waals surface area (Å²) in [7, 11) is 1.58. The highest BCUT2D eigenvalue weighted by molar-refractivity contribution is 6.08. The van der Waals surface area contributed by atoms with Crippen molar-refractivity contribution < 1.29 is 14.5 Å². The molecule has 1 saturated heterocycles. The Labute approximate surface area is 170 Å². The standard InChI is InChI=1S/C21H26N4O4/c1-29-14-11-22-20-10-9-18(25(27)28)15-19(20)21(26)23-16-5-7-17(8-6-16)24-12-3-2-4-13-24/h5-10,15,22H,2-4,11-14H2,1H3,(H,23,26). The molecule has 0 aromatic heterocycles. The molecule has 8 nitrogen and oxygen atoms in total. The van der Waals surface area contributed by atoms with Gasteiger partial charge in [-0.3, -0.25) is 14.9 Å². The second-order valence-corrected chi connectivity index (χ2v) is 6.96. The number of nitro benzene ring substituents is 1. The Balaban J connectivity index is 1.74. The van der Waals surface area contributed by atoms with Crippen molar-refractivity contribution in [1.82, 2.24) is 0 Å². The quantitative estimate of drug-likeness (QED) is 0.398. The molecule has 8 heteroatoms. The predicted octanol–water partition coefficient (Wildman–Crippen LogP) is 3.90. The number of nitrogens with one attached hydrogen (secondary N) is 2. The third kappa shape index (κ3) is 5.45. The summed E-state index contributed by atoms with van der Waals surface area (Å²) < 4.78 is 5.01. The van der Waals surface area contributed by atoms with Crippen molar-refractivity contribution in [2.45, 2.75) is 19.3 Å². The van der Waals surface area contributed by atoms with Crippen molar-refractivity contribution >= 4 is 28.7 Å². The van der Waals surface area contributed by atoms with E-state index in [1.54, 1.807) is 13.2 Å². The summed E-state index contributed by atoms with van der Waals surface area (Å²) in [5, 5.41) is 17.0. The molecule has 2 N–H and O–H groups in total. The Bertz CT molecular complexity index is 848. The van der Waals surface area contributed by atoms with Crippen LogP contribution in [0.1, 0.15) is 29.6 Å². The van der Waals surface area contributed by atoms with E-state index in [1.165, 1.54) is 31.4 Å². The minimum atomic E-state index is -0.511. The van der Waals surface area contributed by atoms with Crippen LogP contribution < -0.4 is 15.5 Å². The Hall–Kier alpha value is -3.13. The molecule has 0 unspecified atom stereocenters. The van der Waals surface area contributed by atoms with E-state index in [-0.39, 0.29) is 11.3 Å². The largest absolute Gasteiger partial charge is 0.383 e. The highest BCUT2D eigenvalue weighted by Crippen LogP contribution is 2.25. The van der Waals surface area contributed by atoms with E-state index >= 15 is 0 Å². The number of carbonyl (C=O) groups excluding carboxylic acids is 1. The van der Waals surface area contributed by atoms with Gasteiger partial charge in [0.15, 0.2) is 0 Å². The zero-order valence-electron chi connectivity index (χ0n) is 16.5. The monoisotopic (exact) mass is 398 g/mol. The van der Waals surface area contributed by atoms with E-state index < -0.39 is 10.8 Å². The summed E-state index contributed by atoms with van der Waals surface area (Å²) in [6.45, 7) is 3.04. The number of nitrogens with zero attached hydrogens (tertiary/aromatic N) is 2. The molecule has 0 aliphatic carbocycles. The number of nitro groups is 1. The molecule has 0 spiro atoms. The van der Waals surface area contributed by atoms with Gasteiger partial charge in [-0.1, -0.05) is 0 Å². The van der Waals surface area contributed by atoms with Crippen molar-refractivity contribution in [2.24, 2.45) is 0 Å². The maximum atomic E-state index is 12.8. The molecule has 0 radical (unpaired) electrons. The van der Waals surface area contributed by atoms with Crippen LogP contribution in [-0.4, -0.2) is 44.2 Å². The third-order valence-electron chi connectivity index (χ3n) is 4.93. The number of hydrogen-bond donors (Lipinski definition) is 2. The molecule has 1 amide bonds. The summed E-state index contributed by atoms with van der Waals surface area (Å²) in [4.78, 5) is 25.8. The third-order valence-corrected chi connectivity index (χ3v) is 4.93. The van der Waals surface area contributed by atoms with Gasteiger partial charge >= 0.3 is 0 Å². The predicted molar refractivity (Wildman–Crippen MR) is 114 cm³/mol. The number of anilines is 3. The van der Waals surface area contributed by atoms with Gasteiger partial charge in [-0.05, 0) is 49.6 Å². The fourth-order valence-electron chi connectivity index (χ4n) is 3.38. The fourth-order valence-corrected chi connectivity index (χ4v) is 3.38. The fraction of sp³-hybridized carbons (Fsp3) is 0.381. The number of non-ortho nitro benzene ring substituents is 1. The first kappa shape index (κ1) is 20.6. The molecule has 2 aromatic carbocycles. The maximum Gasteiger partial charge on any atom is 0.270 e. The highest BCUT2D eigenvalue weighted by atomic mass is 16.6. The first-order valence-electron chi connectivity index (χ1n) is 9.76. The van der Waals surface area contributed by atoms with Crippen LogP contribution in [0, 0.1) is 10.1 Å². The van der Waals surface area contributed by atoms with Gasteiger partial charge in [-0.25, -0.2) is 0 Å².